The molecule has 0 aliphatic heterocycles. The highest BCUT2D eigenvalue weighted by molar-refractivity contribution is 7.71. The van der Waals surface area contributed by atoms with Gasteiger partial charge in [0.15, 0.2) is 5.40 Å². The predicted molar refractivity (Wildman–Crippen MR) is 167 cm³/mol. The van der Waals surface area contributed by atoms with E-state index in [9.17, 15) is 28.5 Å². The number of carbonyl (C=O) groups excluding carboxylic acids is 2. The van der Waals surface area contributed by atoms with Gasteiger partial charge in [0.05, 0.1) is 37.5 Å². The van der Waals surface area contributed by atoms with Crippen LogP contribution in [0, 0.1) is 5.92 Å². The van der Waals surface area contributed by atoms with Crippen LogP contribution in [0.3, 0.4) is 0 Å². The molecule has 0 aromatic heterocycles. The molecule has 0 bridgehead atoms. The number of carbonyl (C=O) groups is 2. The van der Waals surface area contributed by atoms with Crippen molar-refractivity contribution in [3.05, 3.63) is 64.7 Å². The average molecular weight is 654 g/mol. The minimum Gasteiger partial charge on any atom is -0.492 e. The summed E-state index contributed by atoms with van der Waals surface area (Å²) >= 11 is 0. The average Bonchev–Trinajstić information content (AvgIpc) is 2.96. The monoisotopic (exact) mass is 653 g/mol. The molecule has 0 saturated heterocycles. The first kappa shape index (κ1) is 35.9. The first-order chi connectivity index (χ1) is 20.8. The van der Waals surface area contributed by atoms with Crippen LogP contribution >= 0.6 is 15.2 Å². The van der Waals surface area contributed by atoms with Crippen LogP contribution in [0.15, 0.2) is 42.5 Å². The van der Waals surface area contributed by atoms with Crippen LogP contribution in [0.1, 0.15) is 91.4 Å². The molecule has 0 spiro atoms. The Kier molecular flexibility index (Phi) is 13.2. The van der Waals surface area contributed by atoms with Crippen LogP contribution in [0.4, 0.5) is 0 Å². The predicted octanol–water partition coefficient (Wildman–Crippen LogP) is 4.93. The number of nitrogens with two attached hydrogens (primary N) is 2. The number of hydrogen-bond donors (Lipinski definition) is 5. The maximum absolute atomic E-state index is 13.3. The molecule has 12 nitrogen and oxygen atoms in total. The molecule has 1 unspecified atom stereocenters. The number of nitrogens with one attached hydrogen (secondary N) is 1. The summed E-state index contributed by atoms with van der Waals surface area (Å²) in [6, 6.07) is 9.60. The molecule has 3 atom stereocenters. The third kappa shape index (κ3) is 9.72. The van der Waals surface area contributed by atoms with Gasteiger partial charge in [-0.05, 0) is 74.8 Å². The smallest absolute Gasteiger partial charge is 0.350 e. The van der Waals surface area contributed by atoms with Gasteiger partial charge in [-0.2, -0.15) is 0 Å². The molecular formula is C30H45N3O9P2. The fraction of sp³-hybridized carbons (Fsp3) is 0.533. The number of rotatable bonds is 16. The minimum absolute atomic E-state index is 0.0591. The Bertz CT molecular complexity index is 1350. The van der Waals surface area contributed by atoms with Gasteiger partial charge in [-0.1, -0.05) is 49.6 Å². The highest BCUT2D eigenvalue weighted by Crippen LogP contribution is 2.74. The first-order valence-corrected chi connectivity index (χ1v) is 18.2. The molecule has 1 saturated carbocycles. The van der Waals surface area contributed by atoms with E-state index in [1.54, 1.807) is 51.1 Å². The summed E-state index contributed by atoms with van der Waals surface area (Å²) in [5.41, 5.74) is 13.4. The Balaban J connectivity index is 1.66. The lowest BCUT2D eigenvalue weighted by Gasteiger charge is -2.27. The maximum atomic E-state index is 13.3. The highest BCUT2D eigenvalue weighted by Gasteiger charge is 2.48. The summed E-state index contributed by atoms with van der Waals surface area (Å²) in [6.07, 6.45) is 5.94. The summed E-state index contributed by atoms with van der Waals surface area (Å²) in [5, 5.41) is 1.06. The number of hydrogen-bond acceptors (Lipinski definition) is 8. The molecule has 2 amide bonds. The molecule has 7 N–H and O–H groups in total. The Labute approximate surface area is 258 Å². The third-order valence-electron chi connectivity index (χ3n) is 7.63. The van der Waals surface area contributed by atoms with Crippen molar-refractivity contribution < 1.29 is 42.3 Å². The van der Waals surface area contributed by atoms with Crippen LogP contribution in [-0.2, 0) is 29.4 Å². The summed E-state index contributed by atoms with van der Waals surface area (Å²) < 4.78 is 42.0. The second-order valence-corrected chi connectivity index (χ2v) is 15.3. The van der Waals surface area contributed by atoms with Crippen molar-refractivity contribution in [2.24, 2.45) is 17.4 Å². The largest absolute Gasteiger partial charge is 0.492 e. The lowest BCUT2D eigenvalue weighted by atomic mass is 9.90. The summed E-state index contributed by atoms with van der Waals surface area (Å²) in [7, 11) is -9.13. The number of ether oxygens (including phenoxy) is 1. The molecule has 1 aliphatic rings. The lowest BCUT2D eigenvalue weighted by Crippen LogP contribution is -2.43. The van der Waals surface area contributed by atoms with E-state index in [1.807, 2.05) is 0 Å². The Morgan fingerprint density at radius 1 is 0.977 bits per heavy atom. The molecule has 14 heteroatoms. The number of amides is 2. The van der Waals surface area contributed by atoms with E-state index in [-0.39, 0.29) is 30.8 Å². The summed E-state index contributed by atoms with van der Waals surface area (Å²) in [4.78, 5) is 45.1. The zero-order chi connectivity index (χ0) is 32.5. The van der Waals surface area contributed by atoms with Crippen molar-refractivity contribution in [2.45, 2.75) is 76.8 Å². The third-order valence-corrected chi connectivity index (χ3v) is 12.5. The zero-order valence-corrected chi connectivity index (χ0v) is 27.3. The van der Waals surface area contributed by atoms with Gasteiger partial charge in [-0.3, -0.25) is 18.7 Å². The second-order valence-electron chi connectivity index (χ2n) is 11.1. The van der Waals surface area contributed by atoms with Gasteiger partial charge in [0, 0.05) is 0 Å². The minimum atomic E-state index is -4.94. The Morgan fingerprint density at radius 3 is 2.11 bits per heavy atom. The molecule has 44 heavy (non-hydrogen) atoms. The van der Waals surface area contributed by atoms with Crippen LogP contribution in [-0.4, -0.2) is 47.5 Å². The topological polar surface area (TPSA) is 200 Å². The van der Waals surface area contributed by atoms with Crippen LogP contribution in [0.2, 0.25) is 0 Å². The van der Waals surface area contributed by atoms with E-state index in [1.165, 1.54) is 31.4 Å². The van der Waals surface area contributed by atoms with Crippen molar-refractivity contribution in [3.63, 3.8) is 0 Å². The maximum Gasteiger partial charge on any atom is 0.350 e. The molecule has 0 radical (unpaired) electrons. The molecule has 0 heterocycles. The zero-order valence-electron chi connectivity index (χ0n) is 25.5. The standard InChI is InChI=1S/C30H45N3O9P2/c1-4-41-44(39,42-5-2)30(43(36,37)38)23-13-11-21(12-14-23)17-26(31)29(35)33-20(3)24-15-16-27(25(18-24)28(32)34)40-19-22-9-7-6-8-10-22/h11-16,18,20,22,26,30H,4-10,17,19,31H2,1-3H3,(H2,32,34)(H,33,35)(H2,36,37,38)/t20-,26-,30?/m0/s1. The summed E-state index contributed by atoms with van der Waals surface area (Å²) in [6.45, 7) is 5.28. The van der Waals surface area contributed by atoms with Crippen molar-refractivity contribution in [1.29, 1.82) is 0 Å². The SMILES string of the molecule is CCOP(=O)(OCC)C(c1ccc(C[C@H](N)C(=O)N[C@@H](C)c2ccc(OCC3CCCCC3)c(C(N)=O)c2)cc1)P(=O)(O)O. The van der Waals surface area contributed by atoms with E-state index in [4.69, 9.17) is 25.3 Å². The van der Waals surface area contributed by atoms with E-state index in [2.05, 4.69) is 5.32 Å². The quantitative estimate of drug-likeness (QED) is 0.155. The van der Waals surface area contributed by atoms with Crippen LogP contribution in [0.5, 0.6) is 5.75 Å². The van der Waals surface area contributed by atoms with E-state index in [0.29, 0.717) is 29.4 Å². The molecule has 244 valence electrons. The van der Waals surface area contributed by atoms with E-state index < -0.39 is 44.5 Å². The van der Waals surface area contributed by atoms with Crippen LogP contribution < -0.4 is 21.5 Å². The molecule has 1 fully saturated rings. The second kappa shape index (κ2) is 16.1. The number of benzene rings is 2. The first-order valence-electron chi connectivity index (χ1n) is 14.9. The lowest BCUT2D eigenvalue weighted by molar-refractivity contribution is -0.123. The normalized spacial score (nSPS) is 16.6. The molecule has 2 aromatic carbocycles. The van der Waals surface area contributed by atoms with Gasteiger partial charge in [0.25, 0.3) is 5.91 Å². The molecule has 3 rings (SSSR count). The van der Waals surface area contributed by atoms with Gasteiger partial charge in [0.1, 0.15) is 5.75 Å². The van der Waals surface area contributed by atoms with Gasteiger partial charge in [-0.25, -0.2) is 0 Å². The van der Waals surface area contributed by atoms with Gasteiger partial charge >= 0.3 is 15.2 Å². The van der Waals surface area contributed by atoms with Crippen LogP contribution in [0.25, 0.3) is 0 Å². The van der Waals surface area contributed by atoms with Crippen molar-refractivity contribution >= 4 is 27.0 Å². The number of primary amides is 1. The molecule has 1 aliphatic carbocycles. The van der Waals surface area contributed by atoms with E-state index in [0.717, 1.165) is 12.8 Å². The highest BCUT2D eigenvalue weighted by atomic mass is 31.2. The van der Waals surface area contributed by atoms with Gasteiger partial charge < -0.3 is 40.4 Å². The van der Waals surface area contributed by atoms with Crippen molar-refractivity contribution in [2.75, 3.05) is 19.8 Å². The van der Waals surface area contributed by atoms with Gasteiger partial charge in [0.2, 0.25) is 5.91 Å². The van der Waals surface area contributed by atoms with E-state index >= 15 is 0 Å². The molecular weight excluding hydrogens is 608 g/mol. The summed E-state index contributed by atoms with van der Waals surface area (Å²) in [5.74, 6) is -0.182. The fourth-order valence-corrected chi connectivity index (χ4v) is 9.42. The Morgan fingerprint density at radius 2 is 1.57 bits per heavy atom. The van der Waals surface area contributed by atoms with Crippen molar-refractivity contribution in [1.82, 2.24) is 5.32 Å². The fourth-order valence-electron chi connectivity index (χ4n) is 5.37. The van der Waals surface area contributed by atoms with Crippen molar-refractivity contribution in [3.8, 4) is 5.75 Å². The van der Waals surface area contributed by atoms with Gasteiger partial charge in [-0.15, -0.1) is 0 Å². The Hall–Kier alpha value is -2.56. The molecule has 2 aromatic rings.